The van der Waals surface area contributed by atoms with Crippen molar-refractivity contribution in [3.05, 3.63) is 90.3 Å². The highest BCUT2D eigenvalue weighted by atomic mass is 15.4. The summed E-state index contributed by atoms with van der Waals surface area (Å²) < 4.78 is 0. The molecule has 0 fully saturated rings. The summed E-state index contributed by atoms with van der Waals surface area (Å²) in [6, 6.07) is 11.6. The van der Waals surface area contributed by atoms with E-state index in [0.29, 0.717) is 0 Å². The lowest BCUT2D eigenvalue weighted by atomic mass is 10.3. The molecule has 0 N–H and O–H groups in total. The van der Waals surface area contributed by atoms with Gasteiger partial charge in [-0.3, -0.25) is 29.9 Å². The lowest BCUT2D eigenvalue weighted by Gasteiger charge is -2.33. The van der Waals surface area contributed by atoms with E-state index in [1.807, 2.05) is 75.8 Å². The van der Waals surface area contributed by atoms with Crippen molar-refractivity contribution in [1.82, 2.24) is 19.9 Å². The summed E-state index contributed by atoms with van der Waals surface area (Å²) >= 11 is 0. The van der Waals surface area contributed by atoms with Gasteiger partial charge in [-0.2, -0.15) is 0 Å². The number of hydrogen-bond donors (Lipinski definition) is 0. The molecule has 0 amide bonds. The van der Waals surface area contributed by atoms with E-state index in [2.05, 4.69) is 19.9 Å². The van der Waals surface area contributed by atoms with Crippen molar-refractivity contribution in [1.29, 1.82) is 0 Å². The molecule has 3 atom stereocenters. The minimum atomic E-state index is -0.151. The van der Waals surface area contributed by atoms with Gasteiger partial charge in [-0.15, -0.1) is 0 Å². The van der Waals surface area contributed by atoms with E-state index in [-0.39, 0.29) is 18.5 Å². The summed E-state index contributed by atoms with van der Waals surface area (Å²) in [6.45, 7) is 6.12. The predicted octanol–water partition coefficient (Wildman–Crippen LogP) is 3.87. The van der Waals surface area contributed by atoms with Crippen LogP contribution < -0.4 is 0 Å². The van der Waals surface area contributed by atoms with Gasteiger partial charge in [-0.1, -0.05) is 18.2 Å². The molecule has 0 aliphatic carbocycles. The summed E-state index contributed by atoms with van der Waals surface area (Å²) in [6.07, 6.45) is 15.6. The molecule has 3 aromatic rings. The van der Waals surface area contributed by atoms with Crippen LogP contribution in [0.25, 0.3) is 0 Å². The molecule has 3 unspecified atom stereocenters. The zero-order valence-electron chi connectivity index (χ0n) is 18.0. The maximum absolute atomic E-state index is 4.74. The number of hydrogen-bond acceptors (Lipinski definition) is 7. The summed E-state index contributed by atoms with van der Waals surface area (Å²) in [5.74, 6) is 0. The first-order chi connectivity index (χ1) is 15.1. The highest BCUT2D eigenvalue weighted by Gasteiger charge is 2.23. The Kier molecular flexibility index (Phi) is 8.25. The summed E-state index contributed by atoms with van der Waals surface area (Å²) in [5, 5.41) is 0. The second-order valence-electron chi connectivity index (χ2n) is 7.04. The van der Waals surface area contributed by atoms with E-state index in [1.165, 1.54) is 0 Å². The van der Waals surface area contributed by atoms with Gasteiger partial charge in [0.2, 0.25) is 0 Å². The number of aliphatic imine (C=N–C) groups is 3. The Morgan fingerprint density at radius 2 is 0.935 bits per heavy atom. The zero-order valence-corrected chi connectivity index (χ0v) is 18.0. The van der Waals surface area contributed by atoms with Crippen LogP contribution in [0.3, 0.4) is 0 Å². The third kappa shape index (κ3) is 7.01. The number of rotatable bonds is 9. The summed E-state index contributed by atoms with van der Waals surface area (Å²) in [7, 11) is 0. The Morgan fingerprint density at radius 3 is 1.19 bits per heavy atom. The molecule has 0 aliphatic heterocycles. The van der Waals surface area contributed by atoms with Crippen LogP contribution in [0.1, 0.15) is 37.5 Å². The number of aromatic nitrogens is 3. The Bertz CT molecular complexity index is 856. The van der Waals surface area contributed by atoms with Gasteiger partial charge in [0.05, 0.1) is 0 Å². The third-order valence-electron chi connectivity index (χ3n) is 4.67. The molecule has 0 spiro atoms. The predicted molar refractivity (Wildman–Crippen MR) is 126 cm³/mol. The fourth-order valence-electron chi connectivity index (χ4n) is 3.11. The Hall–Kier alpha value is -3.58. The van der Waals surface area contributed by atoms with Gasteiger partial charge in [0.1, 0.15) is 18.5 Å². The van der Waals surface area contributed by atoms with Gasteiger partial charge in [0.25, 0.3) is 0 Å². The second-order valence-corrected chi connectivity index (χ2v) is 7.04. The van der Waals surface area contributed by atoms with Crippen LogP contribution >= 0.6 is 0 Å². The molecule has 3 aromatic heterocycles. The van der Waals surface area contributed by atoms with Crippen molar-refractivity contribution in [3.8, 4) is 0 Å². The monoisotopic (exact) mass is 413 g/mol. The molecule has 7 nitrogen and oxygen atoms in total. The van der Waals surface area contributed by atoms with Crippen molar-refractivity contribution in [3.63, 3.8) is 0 Å². The smallest absolute Gasteiger partial charge is 0.102 e. The van der Waals surface area contributed by atoms with Crippen LogP contribution in [-0.2, 0) is 0 Å². The second kappa shape index (κ2) is 11.6. The van der Waals surface area contributed by atoms with Gasteiger partial charge < -0.3 is 0 Å². The van der Waals surface area contributed by atoms with Crippen LogP contribution in [0.4, 0.5) is 0 Å². The van der Waals surface area contributed by atoms with Crippen molar-refractivity contribution in [2.75, 3.05) is 0 Å². The van der Waals surface area contributed by atoms with Crippen LogP contribution in [-0.4, -0.2) is 57.0 Å². The van der Waals surface area contributed by atoms with Crippen LogP contribution in [0, 0.1) is 0 Å². The molecule has 0 radical (unpaired) electrons. The molecular weight excluding hydrogens is 386 g/mol. The first-order valence-corrected chi connectivity index (χ1v) is 10.2. The SMILES string of the molecule is CC(/N=C/c1cccnc1)N(C(C)/N=C/c1cccnc1)C(C)/N=C/c1cccnc1. The minimum Gasteiger partial charge on any atom is -0.274 e. The normalized spacial score (nSPS) is 15.1. The highest BCUT2D eigenvalue weighted by molar-refractivity contribution is 5.80. The van der Waals surface area contributed by atoms with E-state index in [4.69, 9.17) is 15.0 Å². The van der Waals surface area contributed by atoms with Gasteiger partial charge in [0, 0.05) is 72.5 Å². The van der Waals surface area contributed by atoms with Gasteiger partial charge in [0.15, 0.2) is 0 Å². The van der Waals surface area contributed by atoms with Crippen molar-refractivity contribution in [2.24, 2.45) is 15.0 Å². The highest BCUT2D eigenvalue weighted by Crippen LogP contribution is 2.15. The van der Waals surface area contributed by atoms with Crippen LogP contribution in [0.5, 0.6) is 0 Å². The first kappa shape index (κ1) is 22.1. The van der Waals surface area contributed by atoms with Gasteiger partial charge >= 0.3 is 0 Å². The molecular formula is C24H27N7. The largest absolute Gasteiger partial charge is 0.274 e. The average molecular weight is 414 g/mol. The van der Waals surface area contributed by atoms with Crippen molar-refractivity contribution >= 4 is 18.6 Å². The van der Waals surface area contributed by atoms with E-state index < -0.39 is 0 Å². The standard InChI is InChI=1S/C24H27N7/c1-19(28-16-22-7-4-10-25-13-22)31(20(2)29-17-23-8-5-11-26-14-23)21(3)30-18-24-9-6-12-27-15-24/h4-21H,1-3H3/b28-16+,29-17+,30-18+. The Labute approximate surface area is 183 Å². The van der Waals surface area contributed by atoms with Crippen LogP contribution in [0.15, 0.2) is 88.6 Å². The Balaban J connectivity index is 1.80. The lowest BCUT2D eigenvalue weighted by Crippen LogP contribution is -2.44. The fraction of sp³-hybridized carbons (Fsp3) is 0.250. The van der Waals surface area contributed by atoms with Crippen LogP contribution in [0.2, 0.25) is 0 Å². The molecule has 0 saturated heterocycles. The molecule has 7 heteroatoms. The topological polar surface area (TPSA) is 79.0 Å². The first-order valence-electron chi connectivity index (χ1n) is 10.2. The zero-order chi connectivity index (χ0) is 21.9. The molecule has 0 bridgehead atoms. The number of pyridine rings is 3. The molecule has 3 rings (SSSR count). The Morgan fingerprint density at radius 1 is 0.613 bits per heavy atom. The fourth-order valence-corrected chi connectivity index (χ4v) is 3.11. The molecule has 3 heterocycles. The average Bonchev–Trinajstić information content (AvgIpc) is 2.82. The van der Waals surface area contributed by atoms with Gasteiger partial charge in [-0.05, 0) is 39.0 Å². The van der Waals surface area contributed by atoms with E-state index in [1.54, 1.807) is 37.2 Å². The lowest BCUT2D eigenvalue weighted by molar-refractivity contribution is 0.118. The maximum Gasteiger partial charge on any atom is 0.102 e. The molecule has 158 valence electrons. The van der Waals surface area contributed by atoms with E-state index in [0.717, 1.165) is 16.7 Å². The minimum absolute atomic E-state index is 0.151. The maximum atomic E-state index is 4.74. The van der Waals surface area contributed by atoms with E-state index in [9.17, 15) is 0 Å². The molecule has 0 aromatic carbocycles. The van der Waals surface area contributed by atoms with Crippen molar-refractivity contribution < 1.29 is 0 Å². The third-order valence-corrected chi connectivity index (χ3v) is 4.67. The number of nitrogens with zero attached hydrogens (tertiary/aromatic N) is 7. The molecule has 0 aliphatic rings. The van der Waals surface area contributed by atoms with E-state index >= 15 is 0 Å². The van der Waals surface area contributed by atoms with Gasteiger partial charge in [-0.25, -0.2) is 4.90 Å². The molecule has 31 heavy (non-hydrogen) atoms. The molecule has 0 saturated carbocycles. The van der Waals surface area contributed by atoms with Crippen molar-refractivity contribution in [2.45, 2.75) is 39.3 Å². The summed E-state index contributed by atoms with van der Waals surface area (Å²) in [4.78, 5) is 28.8. The quantitative estimate of drug-likeness (QED) is 0.499. The summed E-state index contributed by atoms with van der Waals surface area (Å²) in [5.41, 5.74) is 2.85.